The van der Waals surface area contributed by atoms with Crippen LogP contribution in [0.2, 0.25) is 5.02 Å². The van der Waals surface area contributed by atoms with Crippen molar-refractivity contribution in [3.05, 3.63) is 77.7 Å². The second kappa shape index (κ2) is 8.60. The summed E-state index contributed by atoms with van der Waals surface area (Å²) in [5.41, 5.74) is 1.36. The number of carbonyl (C=O) groups is 2. The number of benzene rings is 2. The van der Waals surface area contributed by atoms with Crippen LogP contribution in [0.15, 0.2) is 76.2 Å². The Bertz CT molecular complexity index is 878. The molecule has 1 heterocycles. The Hall–Kier alpha value is -2.70. The largest absolute Gasteiger partial charge is 0.459 e. The third kappa shape index (κ3) is 5.15. The van der Waals surface area contributed by atoms with E-state index in [0.717, 1.165) is 4.90 Å². The minimum atomic E-state index is -0.308. The molecule has 0 unspecified atom stereocenters. The van der Waals surface area contributed by atoms with Gasteiger partial charge in [0.05, 0.1) is 12.0 Å². The fourth-order valence-electron chi connectivity index (χ4n) is 2.11. The number of halogens is 1. The molecule has 132 valence electrons. The Morgan fingerprint density at radius 1 is 0.923 bits per heavy atom. The van der Waals surface area contributed by atoms with Crippen LogP contribution in [0.5, 0.6) is 0 Å². The summed E-state index contributed by atoms with van der Waals surface area (Å²) in [6, 6.07) is 17.4. The third-order valence-electron chi connectivity index (χ3n) is 3.36. The van der Waals surface area contributed by atoms with Gasteiger partial charge in [-0.05, 0) is 60.7 Å². The number of carbonyl (C=O) groups excluding carboxylic acids is 2. The van der Waals surface area contributed by atoms with E-state index in [1.54, 1.807) is 48.5 Å². The quantitative estimate of drug-likeness (QED) is 0.590. The first kappa shape index (κ1) is 18.1. The van der Waals surface area contributed by atoms with Crippen molar-refractivity contribution in [3.63, 3.8) is 0 Å². The third-order valence-corrected chi connectivity index (χ3v) is 4.62. The number of thioether (sulfide) groups is 1. The molecular weight excluding hydrogens is 372 g/mol. The Labute approximate surface area is 159 Å². The summed E-state index contributed by atoms with van der Waals surface area (Å²) in [5, 5.41) is 6.17. The Balaban J connectivity index is 1.48. The molecule has 3 aromatic rings. The lowest BCUT2D eigenvalue weighted by Crippen LogP contribution is -2.13. The molecule has 0 fully saturated rings. The van der Waals surface area contributed by atoms with Crippen molar-refractivity contribution in [2.45, 2.75) is 4.90 Å². The number of furan rings is 1. The van der Waals surface area contributed by atoms with Gasteiger partial charge in [0.2, 0.25) is 5.91 Å². The smallest absolute Gasteiger partial charge is 0.291 e. The molecule has 5 nitrogen and oxygen atoms in total. The maximum atomic E-state index is 12.0. The molecule has 2 amide bonds. The zero-order valence-electron chi connectivity index (χ0n) is 13.6. The van der Waals surface area contributed by atoms with Crippen LogP contribution in [0.25, 0.3) is 0 Å². The molecule has 0 aliphatic heterocycles. The number of rotatable bonds is 6. The van der Waals surface area contributed by atoms with Crippen LogP contribution in [0.1, 0.15) is 10.6 Å². The van der Waals surface area contributed by atoms with Gasteiger partial charge < -0.3 is 15.1 Å². The van der Waals surface area contributed by atoms with Crippen molar-refractivity contribution in [2.24, 2.45) is 0 Å². The maximum Gasteiger partial charge on any atom is 0.291 e. The molecule has 0 radical (unpaired) electrons. The molecule has 0 atom stereocenters. The van der Waals surface area contributed by atoms with Gasteiger partial charge >= 0.3 is 0 Å². The van der Waals surface area contributed by atoms with Gasteiger partial charge in [0, 0.05) is 21.3 Å². The summed E-state index contributed by atoms with van der Waals surface area (Å²) in [7, 11) is 0. The van der Waals surface area contributed by atoms with Gasteiger partial charge in [-0.15, -0.1) is 11.8 Å². The topological polar surface area (TPSA) is 71.3 Å². The molecule has 26 heavy (non-hydrogen) atoms. The standard InChI is InChI=1S/C19H15ClN2O3S/c20-13-3-5-14(6-4-13)21-18(23)12-26-16-9-7-15(8-10-16)22-19(24)17-2-1-11-25-17/h1-11H,12H2,(H,21,23)(H,22,24). The highest BCUT2D eigenvalue weighted by atomic mass is 35.5. The van der Waals surface area contributed by atoms with Crippen LogP contribution < -0.4 is 10.6 Å². The first-order chi connectivity index (χ1) is 12.6. The van der Waals surface area contributed by atoms with Crippen LogP contribution in [0.4, 0.5) is 11.4 Å². The molecule has 0 bridgehead atoms. The molecule has 1 aromatic heterocycles. The molecule has 0 aliphatic carbocycles. The predicted octanol–water partition coefficient (Wildman–Crippen LogP) is 4.92. The summed E-state index contributed by atoms with van der Waals surface area (Å²) in [6.07, 6.45) is 1.45. The maximum absolute atomic E-state index is 12.0. The van der Waals surface area contributed by atoms with Crippen LogP contribution in [-0.2, 0) is 4.79 Å². The highest BCUT2D eigenvalue weighted by Gasteiger charge is 2.09. The lowest BCUT2D eigenvalue weighted by Gasteiger charge is -2.07. The van der Waals surface area contributed by atoms with E-state index in [-0.39, 0.29) is 23.3 Å². The van der Waals surface area contributed by atoms with Crippen LogP contribution in [0.3, 0.4) is 0 Å². The lowest BCUT2D eigenvalue weighted by molar-refractivity contribution is -0.113. The van der Waals surface area contributed by atoms with Gasteiger partial charge in [0.25, 0.3) is 5.91 Å². The Morgan fingerprint density at radius 3 is 2.23 bits per heavy atom. The average Bonchev–Trinajstić information content (AvgIpc) is 3.18. The Morgan fingerprint density at radius 2 is 1.58 bits per heavy atom. The average molecular weight is 387 g/mol. The minimum Gasteiger partial charge on any atom is -0.459 e. The zero-order valence-corrected chi connectivity index (χ0v) is 15.1. The summed E-state index contributed by atoms with van der Waals surface area (Å²) in [5.74, 6) is 0.119. The summed E-state index contributed by atoms with van der Waals surface area (Å²) < 4.78 is 5.04. The van der Waals surface area contributed by atoms with E-state index in [4.69, 9.17) is 16.0 Å². The number of amides is 2. The first-order valence-electron chi connectivity index (χ1n) is 7.73. The molecule has 0 saturated heterocycles. The zero-order chi connectivity index (χ0) is 18.4. The summed E-state index contributed by atoms with van der Waals surface area (Å²) in [6.45, 7) is 0. The fourth-order valence-corrected chi connectivity index (χ4v) is 2.94. The van der Waals surface area contributed by atoms with Gasteiger partial charge in [-0.25, -0.2) is 0 Å². The SMILES string of the molecule is O=C(CSc1ccc(NC(=O)c2ccco2)cc1)Nc1ccc(Cl)cc1. The summed E-state index contributed by atoms with van der Waals surface area (Å²) >= 11 is 7.22. The van der Waals surface area contributed by atoms with Crippen LogP contribution in [0, 0.1) is 0 Å². The second-order valence-electron chi connectivity index (χ2n) is 5.30. The van der Waals surface area contributed by atoms with E-state index in [9.17, 15) is 9.59 Å². The van der Waals surface area contributed by atoms with Crippen molar-refractivity contribution in [1.29, 1.82) is 0 Å². The van der Waals surface area contributed by atoms with Crippen molar-refractivity contribution >= 4 is 46.6 Å². The molecule has 2 aromatic carbocycles. The monoisotopic (exact) mass is 386 g/mol. The van der Waals surface area contributed by atoms with E-state index in [1.165, 1.54) is 18.0 Å². The normalized spacial score (nSPS) is 10.3. The lowest BCUT2D eigenvalue weighted by atomic mass is 10.3. The number of anilines is 2. The molecule has 7 heteroatoms. The Kier molecular flexibility index (Phi) is 5.99. The minimum absolute atomic E-state index is 0.104. The van der Waals surface area contributed by atoms with Crippen molar-refractivity contribution in [2.75, 3.05) is 16.4 Å². The van der Waals surface area contributed by atoms with Crippen molar-refractivity contribution < 1.29 is 14.0 Å². The molecule has 0 aliphatic rings. The van der Waals surface area contributed by atoms with Crippen molar-refractivity contribution in [1.82, 2.24) is 0 Å². The molecule has 3 rings (SSSR count). The first-order valence-corrected chi connectivity index (χ1v) is 9.10. The van der Waals surface area contributed by atoms with Crippen molar-refractivity contribution in [3.8, 4) is 0 Å². The van der Waals surface area contributed by atoms with E-state index >= 15 is 0 Å². The molecule has 0 spiro atoms. The van der Waals surface area contributed by atoms with E-state index < -0.39 is 0 Å². The second-order valence-corrected chi connectivity index (χ2v) is 6.78. The molecule has 2 N–H and O–H groups in total. The van der Waals surface area contributed by atoms with Gasteiger partial charge in [-0.1, -0.05) is 11.6 Å². The van der Waals surface area contributed by atoms with Crippen LogP contribution in [-0.4, -0.2) is 17.6 Å². The molecular formula is C19H15ClN2O3S. The highest BCUT2D eigenvalue weighted by Crippen LogP contribution is 2.21. The number of nitrogens with one attached hydrogen (secondary N) is 2. The van der Waals surface area contributed by atoms with Gasteiger partial charge in [0.1, 0.15) is 0 Å². The van der Waals surface area contributed by atoms with E-state index in [0.29, 0.717) is 16.4 Å². The fraction of sp³-hybridized carbons (Fsp3) is 0.0526. The summed E-state index contributed by atoms with van der Waals surface area (Å²) in [4.78, 5) is 24.8. The molecule has 0 saturated carbocycles. The van der Waals surface area contributed by atoms with Gasteiger partial charge in [-0.3, -0.25) is 9.59 Å². The van der Waals surface area contributed by atoms with Gasteiger partial charge in [0.15, 0.2) is 5.76 Å². The van der Waals surface area contributed by atoms with Gasteiger partial charge in [-0.2, -0.15) is 0 Å². The number of hydrogen-bond acceptors (Lipinski definition) is 4. The van der Waals surface area contributed by atoms with Crippen LogP contribution >= 0.6 is 23.4 Å². The highest BCUT2D eigenvalue weighted by molar-refractivity contribution is 8.00. The van der Waals surface area contributed by atoms with E-state index in [1.807, 2.05) is 12.1 Å². The van der Waals surface area contributed by atoms with E-state index in [2.05, 4.69) is 10.6 Å². The predicted molar refractivity (Wildman–Crippen MR) is 104 cm³/mol. The number of hydrogen-bond donors (Lipinski definition) is 2.